The van der Waals surface area contributed by atoms with Gasteiger partial charge in [-0.25, -0.2) is 4.98 Å². The van der Waals surface area contributed by atoms with Crippen molar-refractivity contribution < 1.29 is 14.3 Å². The molecule has 4 rings (SSSR count). The quantitative estimate of drug-likeness (QED) is 0.190. The number of H-pyrrole nitrogens is 1. The van der Waals surface area contributed by atoms with E-state index in [2.05, 4.69) is 15.3 Å². The molecular formula is C28H30N4O3S. The minimum absolute atomic E-state index is 0.0484. The lowest BCUT2D eigenvalue weighted by Crippen LogP contribution is -2.22. The molecule has 8 heteroatoms. The van der Waals surface area contributed by atoms with Gasteiger partial charge in [0.2, 0.25) is 5.91 Å². The first-order valence-corrected chi connectivity index (χ1v) is 12.8. The monoisotopic (exact) mass is 502 g/mol. The number of hydrogen-bond acceptors (Lipinski definition) is 6. The van der Waals surface area contributed by atoms with Crippen LogP contribution in [-0.4, -0.2) is 40.8 Å². The number of hydrogen-bond donors (Lipinski definition) is 2. The molecule has 36 heavy (non-hydrogen) atoms. The Kier molecular flexibility index (Phi) is 8.99. The predicted octanol–water partition coefficient (Wildman–Crippen LogP) is 5.73. The fraction of sp³-hybridized carbons (Fsp3) is 0.250. The topological polar surface area (TPSA) is 89.1 Å². The average Bonchev–Trinajstić information content (AvgIpc) is 3.36. The number of unbranched alkanes of at least 4 members (excludes halogenated alkanes) is 1. The first-order chi connectivity index (χ1) is 17.7. The molecule has 2 heterocycles. The highest BCUT2D eigenvalue weighted by atomic mass is 32.2. The minimum atomic E-state index is 0.0484. The lowest BCUT2D eigenvalue weighted by atomic mass is 10.0. The van der Waals surface area contributed by atoms with Crippen LogP contribution in [0.25, 0.3) is 22.5 Å². The molecule has 0 saturated carbocycles. The molecule has 4 aromatic rings. The zero-order valence-corrected chi connectivity index (χ0v) is 21.3. The summed E-state index contributed by atoms with van der Waals surface area (Å²) in [7, 11) is 3.32. The maximum Gasteiger partial charge on any atom is 0.220 e. The van der Waals surface area contributed by atoms with E-state index in [1.165, 1.54) is 0 Å². The van der Waals surface area contributed by atoms with Gasteiger partial charge in [-0.15, -0.1) is 0 Å². The van der Waals surface area contributed by atoms with Crippen LogP contribution in [0.2, 0.25) is 0 Å². The van der Waals surface area contributed by atoms with E-state index in [1.807, 2.05) is 66.7 Å². The Hall–Kier alpha value is -3.78. The lowest BCUT2D eigenvalue weighted by molar-refractivity contribution is -0.121. The van der Waals surface area contributed by atoms with Gasteiger partial charge in [0.15, 0.2) is 5.16 Å². The van der Waals surface area contributed by atoms with Crippen molar-refractivity contribution in [3.8, 4) is 34.0 Å². The second kappa shape index (κ2) is 12.8. The molecule has 0 aliphatic heterocycles. The van der Waals surface area contributed by atoms with Crippen LogP contribution in [0.3, 0.4) is 0 Å². The molecule has 186 valence electrons. The molecule has 0 unspecified atom stereocenters. The number of aromatic nitrogens is 3. The van der Waals surface area contributed by atoms with E-state index in [4.69, 9.17) is 14.5 Å². The normalized spacial score (nSPS) is 10.7. The highest BCUT2D eigenvalue weighted by Gasteiger charge is 2.15. The van der Waals surface area contributed by atoms with E-state index in [1.54, 1.807) is 32.2 Å². The molecule has 0 atom stereocenters. The first kappa shape index (κ1) is 25.3. The number of aromatic amines is 1. The molecule has 2 aromatic carbocycles. The van der Waals surface area contributed by atoms with Crippen LogP contribution < -0.4 is 14.8 Å². The van der Waals surface area contributed by atoms with Gasteiger partial charge in [-0.3, -0.25) is 9.78 Å². The Bertz CT molecular complexity index is 1180. The maximum atomic E-state index is 12.1. The molecule has 2 aromatic heterocycles. The summed E-state index contributed by atoms with van der Waals surface area (Å²) in [4.78, 5) is 24.7. The summed E-state index contributed by atoms with van der Waals surface area (Å²) >= 11 is 1.66. The van der Waals surface area contributed by atoms with E-state index in [9.17, 15) is 4.79 Å². The highest BCUT2D eigenvalue weighted by Crippen LogP contribution is 2.34. The number of nitrogens with one attached hydrogen (secondary N) is 2. The smallest absolute Gasteiger partial charge is 0.220 e. The highest BCUT2D eigenvalue weighted by molar-refractivity contribution is 7.99. The molecule has 0 radical (unpaired) electrons. The Morgan fingerprint density at radius 2 is 1.61 bits per heavy atom. The van der Waals surface area contributed by atoms with Crippen LogP contribution in [0.4, 0.5) is 0 Å². The van der Waals surface area contributed by atoms with Crippen molar-refractivity contribution >= 4 is 17.7 Å². The standard InChI is InChI=1S/C28H30N4O3S/c1-34-23-13-9-20(10-14-23)26-27(21-11-15-24(35-2)16-12-21)32-28(31-26)36-18-6-4-8-25(33)30-19-22-7-3-5-17-29-22/h3,5,7,9-17H,4,6,8,18-19H2,1-2H3,(H,30,33)(H,31,32). The molecule has 0 bridgehead atoms. The molecule has 0 aliphatic rings. The number of carbonyl (C=O) groups excluding carboxylic acids is 1. The number of pyridine rings is 1. The van der Waals surface area contributed by atoms with Crippen LogP contribution in [-0.2, 0) is 11.3 Å². The molecule has 2 N–H and O–H groups in total. The van der Waals surface area contributed by atoms with Crippen molar-refractivity contribution in [2.24, 2.45) is 0 Å². The number of methoxy groups -OCH3 is 2. The first-order valence-electron chi connectivity index (χ1n) is 11.8. The van der Waals surface area contributed by atoms with Crippen molar-refractivity contribution in [1.82, 2.24) is 20.3 Å². The van der Waals surface area contributed by atoms with Crippen molar-refractivity contribution in [2.45, 2.75) is 31.0 Å². The second-order valence-corrected chi connectivity index (χ2v) is 9.21. The van der Waals surface area contributed by atoms with Crippen LogP contribution in [0.5, 0.6) is 11.5 Å². The third-order valence-corrected chi connectivity index (χ3v) is 6.61. The summed E-state index contributed by atoms with van der Waals surface area (Å²) in [6.07, 6.45) is 3.96. The van der Waals surface area contributed by atoms with Crippen molar-refractivity contribution in [3.63, 3.8) is 0 Å². The summed E-state index contributed by atoms with van der Waals surface area (Å²) in [5, 5.41) is 3.78. The van der Waals surface area contributed by atoms with E-state index in [-0.39, 0.29) is 5.91 Å². The molecular weight excluding hydrogens is 472 g/mol. The lowest BCUT2D eigenvalue weighted by Gasteiger charge is -2.06. The second-order valence-electron chi connectivity index (χ2n) is 8.13. The summed E-state index contributed by atoms with van der Waals surface area (Å²) < 4.78 is 10.6. The summed E-state index contributed by atoms with van der Waals surface area (Å²) in [5.41, 5.74) is 4.75. The minimum Gasteiger partial charge on any atom is -0.497 e. The predicted molar refractivity (Wildman–Crippen MR) is 143 cm³/mol. The summed E-state index contributed by atoms with van der Waals surface area (Å²) in [6.45, 7) is 0.461. The van der Waals surface area contributed by atoms with Gasteiger partial charge >= 0.3 is 0 Å². The van der Waals surface area contributed by atoms with Crippen LogP contribution in [0, 0.1) is 0 Å². The number of benzene rings is 2. The molecule has 7 nitrogen and oxygen atoms in total. The Morgan fingerprint density at radius 3 is 2.25 bits per heavy atom. The fourth-order valence-corrected chi connectivity index (χ4v) is 4.55. The number of rotatable bonds is 12. The summed E-state index contributed by atoms with van der Waals surface area (Å²) in [6, 6.07) is 21.5. The van der Waals surface area contributed by atoms with Crippen molar-refractivity contribution in [1.29, 1.82) is 0 Å². The maximum absolute atomic E-state index is 12.1. The van der Waals surface area contributed by atoms with Gasteiger partial charge < -0.3 is 19.8 Å². The number of nitrogens with zero attached hydrogens (tertiary/aromatic N) is 2. The zero-order valence-electron chi connectivity index (χ0n) is 20.5. The fourth-order valence-electron chi connectivity index (χ4n) is 3.68. The molecule has 0 fully saturated rings. The number of amides is 1. The van der Waals surface area contributed by atoms with E-state index in [0.717, 1.165) is 63.5 Å². The van der Waals surface area contributed by atoms with Gasteiger partial charge in [-0.1, -0.05) is 17.8 Å². The van der Waals surface area contributed by atoms with Gasteiger partial charge in [0.05, 0.1) is 37.8 Å². The summed E-state index contributed by atoms with van der Waals surface area (Å²) in [5.74, 6) is 2.53. The van der Waals surface area contributed by atoms with Gasteiger partial charge in [-0.05, 0) is 73.5 Å². The van der Waals surface area contributed by atoms with Crippen molar-refractivity contribution in [3.05, 3.63) is 78.6 Å². The van der Waals surface area contributed by atoms with Crippen LogP contribution >= 0.6 is 11.8 Å². The third kappa shape index (κ3) is 6.88. The Labute approximate surface area is 215 Å². The van der Waals surface area contributed by atoms with Crippen LogP contribution in [0.15, 0.2) is 78.1 Å². The molecule has 0 aliphatic carbocycles. The van der Waals surface area contributed by atoms with Gasteiger partial charge in [0.1, 0.15) is 11.5 Å². The largest absolute Gasteiger partial charge is 0.497 e. The molecule has 0 saturated heterocycles. The van der Waals surface area contributed by atoms with E-state index >= 15 is 0 Å². The number of carbonyl (C=O) groups is 1. The molecule has 1 amide bonds. The zero-order chi connectivity index (χ0) is 25.2. The number of imidazole rings is 1. The van der Waals surface area contributed by atoms with E-state index in [0.29, 0.717) is 13.0 Å². The van der Waals surface area contributed by atoms with Gasteiger partial charge in [0.25, 0.3) is 0 Å². The van der Waals surface area contributed by atoms with Crippen LogP contribution in [0.1, 0.15) is 25.0 Å². The number of ether oxygens (including phenoxy) is 2. The van der Waals surface area contributed by atoms with Crippen molar-refractivity contribution in [2.75, 3.05) is 20.0 Å². The third-order valence-electron chi connectivity index (χ3n) is 5.65. The average molecular weight is 503 g/mol. The SMILES string of the molecule is COc1ccc(-c2nc(SCCCCC(=O)NCc3ccccn3)[nH]c2-c2ccc(OC)cc2)cc1. The van der Waals surface area contributed by atoms with E-state index < -0.39 is 0 Å². The Balaban J connectivity index is 1.35. The molecule has 0 spiro atoms. The number of thioether (sulfide) groups is 1. The van der Waals surface area contributed by atoms with Gasteiger partial charge in [-0.2, -0.15) is 0 Å². The Morgan fingerprint density at radius 1 is 0.917 bits per heavy atom. The van der Waals surface area contributed by atoms with Gasteiger partial charge in [0, 0.05) is 29.5 Å².